The fourth-order valence-corrected chi connectivity index (χ4v) is 3.60. The van der Waals surface area contributed by atoms with Crippen molar-refractivity contribution >= 4 is 33.6 Å². The minimum absolute atomic E-state index is 0.0493. The van der Waals surface area contributed by atoms with E-state index in [1.807, 2.05) is 66.3 Å². The number of rotatable bonds is 7. The molecule has 0 unspecified atom stereocenters. The topological polar surface area (TPSA) is 56.1 Å². The average molecular weight is 446 g/mol. The number of imidazole rings is 1. The molecule has 0 aliphatic carbocycles. The Morgan fingerprint density at radius 3 is 2.52 bits per heavy atom. The number of nitrogens with zero attached hydrogens (tertiary/aromatic N) is 2. The highest BCUT2D eigenvalue weighted by molar-refractivity contribution is 9.10. The Morgan fingerprint density at radius 2 is 1.93 bits per heavy atom. The Hall–Kier alpha value is -2.25. The van der Waals surface area contributed by atoms with Crippen molar-refractivity contribution in [2.45, 2.75) is 10.9 Å². The number of hydrogen-bond acceptors (Lipinski definition) is 4. The highest BCUT2D eigenvalue weighted by Crippen LogP contribution is 2.24. The van der Waals surface area contributed by atoms with Crippen molar-refractivity contribution in [1.82, 2.24) is 14.9 Å². The van der Waals surface area contributed by atoms with Gasteiger partial charge in [-0.15, -0.1) is 11.8 Å². The maximum absolute atomic E-state index is 12.6. The number of carbonyl (C=O) groups is 1. The number of carbonyl (C=O) groups excluding carboxylic acids is 1. The summed E-state index contributed by atoms with van der Waals surface area (Å²) >= 11 is 4.92. The summed E-state index contributed by atoms with van der Waals surface area (Å²) in [7, 11) is 3.55. The summed E-state index contributed by atoms with van der Waals surface area (Å²) < 4.78 is 8.16. The van der Waals surface area contributed by atoms with E-state index in [-0.39, 0.29) is 11.9 Å². The number of halogens is 1. The van der Waals surface area contributed by atoms with E-state index in [0.717, 1.165) is 26.5 Å². The Morgan fingerprint density at radius 1 is 1.22 bits per heavy atom. The van der Waals surface area contributed by atoms with Crippen LogP contribution in [0.3, 0.4) is 0 Å². The molecule has 1 amide bonds. The summed E-state index contributed by atoms with van der Waals surface area (Å²) in [6.07, 6.45) is 3.60. The number of nitrogens with one attached hydrogen (secondary N) is 1. The molecule has 0 fully saturated rings. The lowest BCUT2D eigenvalue weighted by Crippen LogP contribution is -2.32. The van der Waals surface area contributed by atoms with Crippen LogP contribution in [0.25, 0.3) is 0 Å². The molecule has 1 aromatic heterocycles. The van der Waals surface area contributed by atoms with Gasteiger partial charge in [0.1, 0.15) is 17.6 Å². The fourth-order valence-electron chi connectivity index (χ4n) is 2.63. The highest BCUT2D eigenvalue weighted by Gasteiger charge is 2.20. The van der Waals surface area contributed by atoms with E-state index in [0.29, 0.717) is 5.75 Å². The molecule has 0 saturated carbocycles. The first-order valence-corrected chi connectivity index (χ1v) is 10.1. The molecule has 140 valence electrons. The predicted octanol–water partition coefficient (Wildman–Crippen LogP) is 4.19. The van der Waals surface area contributed by atoms with Crippen LogP contribution in [0.1, 0.15) is 17.4 Å². The van der Waals surface area contributed by atoms with Crippen molar-refractivity contribution in [3.05, 3.63) is 76.8 Å². The zero-order valence-corrected chi connectivity index (χ0v) is 17.5. The normalized spacial score (nSPS) is 11.8. The lowest BCUT2D eigenvalue weighted by atomic mass is 10.1. The second-order valence-corrected chi connectivity index (χ2v) is 7.88. The van der Waals surface area contributed by atoms with E-state index in [9.17, 15) is 4.79 Å². The molecule has 0 bridgehead atoms. The zero-order valence-electron chi connectivity index (χ0n) is 15.1. The van der Waals surface area contributed by atoms with Gasteiger partial charge in [-0.25, -0.2) is 4.98 Å². The maximum atomic E-state index is 12.6. The van der Waals surface area contributed by atoms with Crippen LogP contribution in [0.2, 0.25) is 0 Å². The first kappa shape index (κ1) is 19.5. The molecule has 3 rings (SSSR count). The monoisotopic (exact) mass is 445 g/mol. The summed E-state index contributed by atoms with van der Waals surface area (Å²) in [4.78, 5) is 18.1. The maximum Gasteiger partial charge on any atom is 0.231 e. The highest BCUT2D eigenvalue weighted by atomic mass is 79.9. The molecule has 0 spiro atoms. The number of methoxy groups -OCH3 is 1. The minimum atomic E-state index is -0.325. The summed E-state index contributed by atoms with van der Waals surface area (Å²) in [5.41, 5.74) is 0.951. The van der Waals surface area contributed by atoms with E-state index in [4.69, 9.17) is 4.74 Å². The van der Waals surface area contributed by atoms with Gasteiger partial charge < -0.3 is 14.6 Å². The molecule has 0 saturated heterocycles. The van der Waals surface area contributed by atoms with Gasteiger partial charge in [0.2, 0.25) is 5.91 Å². The molecule has 0 aliphatic rings. The van der Waals surface area contributed by atoms with Crippen LogP contribution in [0.4, 0.5) is 0 Å². The smallest absolute Gasteiger partial charge is 0.231 e. The van der Waals surface area contributed by atoms with Crippen LogP contribution in [0.5, 0.6) is 5.75 Å². The Balaban J connectivity index is 1.73. The summed E-state index contributed by atoms with van der Waals surface area (Å²) in [6.45, 7) is 0. The SMILES string of the molecule is COc1ccc([C@H](NC(=O)CSc2ccc(Br)cc2)c2nccn2C)cc1. The van der Waals surface area contributed by atoms with Gasteiger partial charge in [-0.05, 0) is 42.0 Å². The van der Waals surface area contributed by atoms with Gasteiger partial charge in [-0.3, -0.25) is 4.79 Å². The Kier molecular flexibility index (Phi) is 6.58. The van der Waals surface area contributed by atoms with E-state index in [1.165, 1.54) is 11.8 Å². The van der Waals surface area contributed by atoms with Crippen molar-refractivity contribution in [2.24, 2.45) is 7.05 Å². The standard InChI is InChI=1S/C20H20BrN3O2S/c1-24-12-11-22-20(24)19(14-3-7-16(26-2)8-4-14)23-18(25)13-27-17-9-5-15(21)6-10-17/h3-12,19H,13H2,1-2H3,(H,23,25)/t19-/m0/s1. The third-order valence-corrected chi connectivity index (χ3v) is 5.60. The third kappa shape index (κ3) is 5.14. The fraction of sp³-hybridized carbons (Fsp3) is 0.200. The molecule has 1 N–H and O–H groups in total. The van der Waals surface area contributed by atoms with Crippen molar-refractivity contribution in [3.63, 3.8) is 0 Å². The zero-order chi connectivity index (χ0) is 19.2. The predicted molar refractivity (Wildman–Crippen MR) is 111 cm³/mol. The summed E-state index contributed by atoms with van der Waals surface area (Å²) in [5, 5.41) is 3.10. The third-order valence-electron chi connectivity index (χ3n) is 4.05. The lowest BCUT2D eigenvalue weighted by Gasteiger charge is -2.19. The average Bonchev–Trinajstić information content (AvgIpc) is 3.11. The van der Waals surface area contributed by atoms with E-state index >= 15 is 0 Å². The van der Waals surface area contributed by atoms with Crippen molar-refractivity contribution in [1.29, 1.82) is 0 Å². The van der Waals surface area contributed by atoms with Gasteiger partial charge in [0.25, 0.3) is 0 Å². The van der Waals surface area contributed by atoms with Crippen LogP contribution >= 0.6 is 27.7 Å². The molecule has 0 aliphatic heterocycles. The second kappa shape index (κ2) is 9.10. The first-order valence-electron chi connectivity index (χ1n) is 8.35. The van der Waals surface area contributed by atoms with Gasteiger partial charge in [-0.1, -0.05) is 28.1 Å². The molecule has 3 aromatic rings. The van der Waals surface area contributed by atoms with Crippen LogP contribution in [0.15, 0.2) is 70.3 Å². The number of hydrogen-bond donors (Lipinski definition) is 1. The summed E-state index contributed by atoms with van der Waals surface area (Å²) in [5.74, 6) is 1.84. The van der Waals surface area contributed by atoms with Crippen molar-refractivity contribution < 1.29 is 9.53 Å². The quantitative estimate of drug-likeness (QED) is 0.553. The van der Waals surface area contributed by atoms with Crippen LogP contribution < -0.4 is 10.1 Å². The molecule has 27 heavy (non-hydrogen) atoms. The molecular weight excluding hydrogens is 426 g/mol. The number of ether oxygens (including phenoxy) is 1. The number of amides is 1. The van der Waals surface area contributed by atoms with Gasteiger partial charge in [-0.2, -0.15) is 0 Å². The molecule has 1 heterocycles. The van der Waals surface area contributed by atoms with E-state index in [2.05, 4.69) is 26.2 Å². The summed E-state index contributed by atoms with van der Waals surface area (Å²) in [6, 6.07) is 15.2. The molecular formula is C20H20BrN3O2S. The van der Waals surface area contributed by atoms with Crippen LogP contribution in [-0.2, 0) is 11.8 Å². The van der Waals surface area contributed by atoms with Gasteiger partial charge >= 0.3 is 0 Å². The number of thioether (sulfide) groups is 1. The number of aryl methyl sites for hydroxylation is 1. The van der Waals surface area contributed by atoms with Crippen LogP contribution in [-0.4, -0.2) is 28.3 Å². The Bertz CT molecular complexity index is 894. The van der Waals surface area contributed by atoms with Crippen molar-refractivity contribution in [2.75, 3.05) is 12.9 Å². The largest absolute Gasteiger partial charge is 0.497 e. The van der Waals surface area contributed by atoms with Gasteiger partial charge in [0.05, 0.1) is 12.9 Å². The van der Waals surface area contributed by atoms with E-state index < -0.39 is 0 Å². The van der Waals surface area contributed by atoms with Gasteiger partial charge in [0.15, 0.2) is 0 Å². The lowest BCUT2D eigenvalue weighted by molar-refractivity contribution is -0.119. The van der Waals surface area contributed by atoms with E-state index in [1.54, 1.807) is 13.3 Å². The molecule has 7 heteroatoms. The molecule has 5 nitrogen and oxygen atoms in total. The minimum Gasteiger partial charge on any atom is -0.497 e. The Labute approximate surface area is 171 Å². The van der Waals surface area contributed by atoms with Crippen molar-refractivity contribution in [3.8, 4) is 5.75 Å². The van der Waals surface area contributed by atoms with Crippen LogP contribution in [0, 0.1) is 0 Å². The second-order valence-electron chi connectivity index (χ2n) is 5.91. The molecule has 2 aromatic carbocycles. The molecule has 1 atom stereocenters. The number of benzene rings is 2. The van der Waals surface area contributed by atoms with Gasteiger partial charge in [0, 0.05) is 28.8 Å². The molecule has 0 radical (unpaired) electrons. The first-order chi connectivity index (χ1) is 13.1. The number of aromatic nitrogens is 2.